The molecule has 0 fully saturated rings. The van der Waals surface area contributed by atoms with Crippen LogP contribution in [0.5, 0.6) is 0 Å². The first-order chi connectivity index (χ1) is 19.9. The summed E-state index contributed by atoms with van der Waals surface area (Å²) in [6.45, 7) is 17.6. The van der Waals surface area contributed by atoms with Gasteiger partial charge >= 0.3 is 0 Å². The third-order valence-corrected chi connectivity index (χ3v) is 8.66. The summed E-state index contributed by atoms with van der Waals surface area (Å²) in [5.41, 5.74) is 8.01. The van der Waals surface area contributed by atoms with Gasteiger partial charge in [-0.05, 0) is 17.7 Å². The van der Waals surface area contributed by atoms with E-state index in [1.165, 1.54) is 60.8 Å². The average molecular weight is 752 g/mol. The molecule has 1 aliphatic carbocycles. The Labute approximate surface area is 273 Å². The maximum Gasteiger partial charge on any atom is 0.164 e. The van der Waals surface area contributed by atoms with Gasteiger partial charge < -0.3 is 4.98 Å². The van der Waals surface area contributed by atoms with E-state index < -0.39 is 0 Å². The number of hydrogen-bond donors (Lipinski definition) is 0. The summed E-state index contributed by atoms with van der Waals surface area (Å²) < 4.78 is 0. The number of fused-ring (bicyclic) bond motifs is 3. The van der Waals surface area contributed by atoms with Crippen molar-refractivity contribution in [3.8, 4) is 33.8 Å². The molecule has 1 radical (unpaired) electrons. The van der Waals surface area contributed by atoms with E-state index in [2.05, 4.69) is 110 Å². The predicted octanol–water partition coefficient (Wildman–Crippen LogP) is 10.0. The minimum Gasteiger partial charge on any atom is -0.304 e. The van der Waals surface area contributed by atoms with Crippen molar-refractivity contribution < 1.29 is 20.1 Å². The summed E-state index contributed by atoms with van der Waals surface area (Å²) >= 11 is 0. The van der Waals surface area contributed by atoms with E-state index in [1.54, 1.807) is 0 Å². The second-order valence-corrected chi connectivity index (χ2v) is 14.3. The Bertz CT molecular complexity index is 1510. The molecule has 0 bridgehead atoms. The van der Waals surface area contributed by atoms with Gasteiger partial charge in [0.1, 0.15) is 11.6 Å². The zero-order chi connectivity index (χ0) is 30.1. The Hall–Kier alpha value is -2.75. The van der Waals surface area contributed by atoms with Crippen molar-refractivity contribution in [2.45, 2.75) is 117 Å². The van der Waals surface area contributed by atoms with Crippen LogP contribution in [0.2, 0.25) is 0 Å². The molecule has 1 unspecified atom stereocenters. The summed E-state index contributed by atoms with van der Waals surface area (Å²) in [4.78, 5) is 19.5. The van der Waals surface area contributed by atoms with Gasteiger partial charge in [0.15, 0.2) is 5.82 Å². The molecule has 0 amide bonds. The fourth-order valence-electron chi connectivity index (χ4n) is 6.05. The van der Waals surface area contributed by atoms with Crippen LogP contribution in [0.15, 0.2) is 54.7 Å². The number of benzene rings is 2. The van der Waals surface area contributed by atoms with Gasteiger partial charge in [0.05, 0.1) is 0 Å². The van der Waals surface area contributed by atoms with E-state index in [9.17, 15) is 0 Å². The monoisotopic (exact) mass is 752 g/mol. The van der Waals surface area contributed by atoms with Gasteiger partial charge in [0.25, 0.3) is 0 Å². The summed E-state index contributed by atoms with van der Waals surface area (Å²) in [5.74, 6) is 2.29. The third kappa shape index (κ3) is 6.99. The van der Waals surface area contributed by atoms with Crippen LogP contribution < -0.4 is 0 Å². The Morgan fingerprint density at radius 3 is 2.02 bits per heavy atom. The fraction of sp³-hybridized carbons (Fsp3) is 0.474. The molecule has 0 N–H and O–H groups in total. The molecule has 1 aliphatic rings. The van der Waals surface area contributed by atoms with Gasteiger partial charge in [-0.25, -0.2) is 15.0 Å². The van der Waals surface area contributed by atoms with Crippen LogP contribution in [0.3, 0.4) is 0 Å². The molecule has 4 aromatic rings. The van der Waals surface area contributed by atoms with Gasteiger partial charge in [-0.15, -0.1) is 29.3 Å². The maximum atomic E-state index is 4.90. The van der Waals surface area contributed by atoms with E-state index in [4.69, 9.17) is 19.9 Å². The maximum absolute atomic E-state index is 4.90. The zero-order valence-corrected chi connectivity index (χ0v) is 29.7. The molecule has 229 valence electrons. The SMILES string of the molecule is CCCCCCCCC1(C)c2ccccc2-c2c[c-]c(-c3ccc(-c4nc(C(C)(C)C)nc(C(C)(C)C)n4)cn3)cc21.[Ir]. The van der Waals surface area contributed by atoms with Crippen molar-refractivity contribution in [2.75, 3.05) is 0 Å². The fourth-order valence-corrected chi connectivity index (χ4v) is 6.05. The molecule has 2 aromatic carbocycles. The molecule has 43 heavy (non-hydrogen) atoms. The molecule has 4 nitrogen and oxygen atoms in total. The minimum absolute atomic E-state index is 0. The van der Waals surface area contributed by atoms with Crippen molar-refractivity contribution in [1.29, 1.82) is 0 Å². The van der Waals surface area contributed by atoms with Crippen LogP contribution in [0, 0.1) is 6.07 Å². The Morgan fingerprint density at radius 1 is 0.744 bits per heavy atom. The average Bonchev–Trinajstić information content (AvgIpc) is 3.21. The van der Waals surface area contributed by atoms with Gasteiger partial charge in [0, 0.05) is 48.1 Å². The Kier molecular flexibility index (Phi) is 10.1. The van der Waals surface area contributed by atoms with Crippen LogP contribution in [-0.2, 0) is 36.4 Å². The number of hydrogen-bond acceptors (Lipinski definition) is 4. The number of pyridine rings is 1. The molecule has 0 spiro atoms. The molecule has 2 aromatic heterocycles. The number of unbranched alkanes of at least 4 members (excludes halogenated alkanes) is 5. The summed E-state index contributed by atoms with van der Waals surface area (Å²) in [7, 11) is 0. The molecule has 5 rings (SSSR count). The van der Waals surface area contributed by atoms with Gasteiger partial charge in [0.2, 0.25) is 0 Å². The van der Waals surface area contributed by atoms with Crippen molar-refractivity contribution >= 4 is 0 Å². The molecular weight excluding hydrogens is 705 g/mol. The van der Waals surface area contributed by atoms with Crippen LogP contribution in [0.25, 0.3) is 33.8 Å². The Morgan fingerprint density at radius 2 is 1.40 bits per heavy atom. The first-order valence-corrected chi connectivity index (χ1v) is 15.8. The van der Waals surface area contributed by atoms with E-state index in [1.807, 2.05) is 6.20 Å². The number of aromatic nitrogens is 4. The van der Waals surface area contributed by atoms with Crippen LogP contribution in [0.4, 0.5) is 0 Å². The van der Waals surface area contributed by atoms with E-state index >= 15 is 0 Å². The minimum atomic E-state index is -0.176. The van der Waals surface area contributed by atoms with Crippen LogP contribution >= 0.6 is 0 Å². The molecule has 0 aliphatic heterocycles. The molecule has 1 atom stereocenters. The quantitative estimate of drug-likeness (QED) is 0.126. The van der Waals surface area contributed by atoms with Gasteiger partial charge in [-0.1, -0.05) is 141 Å². The Balaban J connectivity index is 0.00000423. The van der Waals surface area contributed by atoms with E-state index in [0.29, 0.717) is 5.82 Å². The van der Waals surface area contributed by atoms with Crippen molar-refractivity contribution in [3.63, 3.8) is 0 Å². The first kappa shape index (κ1) is 33.1. The summed E-state index contributed by atoms with van der Waals surface area (Å²) in [6, 6.07) is 21.2. The van der Waals surface area contributed by atoms with Crippen molar-refractivity contribution in [1.82, 2.24) is 19.9 Å². The molecule has 0 saturated carbocycles. The molecule has 5 heteroatoms. The second-order valence-electron chi connectivity index (χ2n) is 14.3. The zero-order valence-electron chi connectivity index (χ0n) is 27.3. The predicted molar refractivity (Wildman–Crippen MR) is 175 cm³/mol. The standard InChI is InChI=1S/C38H47N4.Ir/c1-9-10-11-12-13-16-23-38(8)30-18-15-14-17-28(30)29-21-19-26(24-31(29)38)32-22-20-27(25-39-32)33-40-34(36(2,3)4)42-35(41-33)37(5,6)7;/h14-15,17-18,20-22,24-25H,9-13,16,23H2,1-8H3;/q-1;. The van der Waals surface area contributed by atoms with Crippen molar-refractivity contribution in [2.24, 2.45) is 0 Å². The van der Waals surface area contributed by atoms with Crippen LogP contribution in [-0.4, -0.2) is 19.9 Å². The molecule has 0 saturated heterocycles. The van der Waals surface area contributed by atoms with Gasteiger partial charge in [-0.2, -0.15) is 0 Å². The molecule has 2 heterocycles. The third-order valence-electron chi connectivity index (χ3n) is 8.66. The largest absolute Gasteiger partial charge is 0.304 e. The van der Waals surface area contributed by atoms with E-state index in [0.717, 1.165) is 34.9 Å². The smallest absolute Gasteiger partial charge is 0.164 e. The number of nitrogens with zero attached hydrogens (tertiary/aromatic N) is 4. The molecular formula is C38H47IrN4-. The van der Waals surface area contributed by atoms with Gasteiger partial charge in [-0.3, -0.25) is 0 Å². The second kappa shape index (κ2) is 13.1. The summed E-state index contributed by atoms with van der Waals surface area (Å²) in [5, 5.41) is 0. The normalized spacial score (nSPS) is 16.0. The van der Waals surface area contributed by atoms with Crippen LogP contribution in [0.1, 0.15) is 123 Å². The van der Waals surface area contributed by atoms with E-state index in [-0.39, 0.29) is 36.4 Å². The summed E-state index contributed by atoms with van der Waals surface area (Å²) in [6.07, 6.45) is 10.9. The first-order valence-electron chi connectivity index (χ1n) is 15.8. The van der Waals surface area contributed by atoms with Crippen molar-refractivity contribution in [3.05, 3.63) is 83.6 Å². The topological polar surface area (TPSA) is 51.6 Å². The number of rotatable bonds is 9.